The van der Waals surface area contributed by atoms with Crippen molar-refractivity contribution in [3.05, 3.63) is 83.9 Å². The molecule has 2 atom stereocenters. The number of nitrogens with one attached hydrogen (secondary N) is 2. The van der Waals surface area contributed by atoms with Gasteiger partial charge in [-0.05, 0) is 23.3 Å². The van der Waals surface area contributed by atoms with Crippen LogP contribution in [0.3, 0.4) is 0 Å². The number of hydrogen-bond acceptors (Lipinski definition) is 4. The van der Waals surface area contributed by atoms with Crippen molar-refractivity contribution in [2.75, 3.05) is 7.11 Å². The first-order chi connectivity index (χ1) is 14.5. The van der Waals surface area contributed by atoms with Crippen LogP contribution < -0.4 is 15.4 Å². The lowest BCUT2D eigenvalue weighted by molar-refractivity contribution is -0.123. The number of rotatable bonds is 8. The number of aromatic nitrogens is 2. The largest absolute Gasteiger partial charge is 0.497 e. The van der Waals surface area contributed by atoms with Gasteiger partial charge in [0.05, 0.1) is 19.6 Å². The van der Waals surface area contributed by atoms with Crippen molar-refractivity contribution in [2.45, 2.75) is 25.4 Å². The number of aryl methyl sites for hydroxylation is 1. The van der Waals surface area contributed by atoms with E-state index < -0.39 is 12.1 Å². The minimum atomic E-state index is -0.457. The lowest BCUT2D eigenvalue weighted by atomic mass is 10.0. The molecule has 0 spiro atoms. The number of amides is 2. The number of ether oxygens (including phenoxy) is 1. The molecule has 1 heterocycles. The maximum absolute atomic E-state index is 13.0. The van der Waals surface area contributed by atoms with Crippen LogP contribution in [0.2, 0.25) is 0 Å². The third-order valence-corrected chi connectivity index (χ3v) is 4.82. The molecule has 3 rings (SSSR count). The summed E-state index contributed by atoms with van der Waals surface area (Å²) in [6, 6.07) is 16.1. The molecule has 0 aliphatic carbocycles. The quantitative estimate of drug-likeness (QED) is 0.602. The van der Waals surface area contributed by atoms with Crippen molar-refractivity contribution in [1.29, 1.82) is 0 Å². The summed E-state index contributed by atoms with van der Waals surface area (Å²) in [6.45, 7) is 1.45. The Balaban J connectivity index is 1.85. The van der Waals surface area contributed by atoms with Crippen LogP contribution in [0.1, 0.15) is 42.4 Å². The second-order valence-electron chi connectivity index (χ2n) is 7.04. The van der Waals surface area contributed by atoms with Gasteiger partial charge in [0.25, 0.3) is 0 Å². The van der Waals surface area contributed by atoms with E-state index in [1.807, 2.05) is 72.4 Å². The summed E-state index contributed by atoms with van der Waals surface area (Å²) < 4.78 is 7.20. The van der Waals surface area contributed by atoms with E-state index in [2.05, 4.69) is 15.6 Å². The predicted molar refractivity (Wildman–Crippen MR) is 114 cm³/mol. The third-order valence-electron chi connectivity index (χ3n) is 4.82. The number of methoxy groups -OCH3 is 1. The van der Waals surface area contributed by atoms with Crippen LogP contribution in [-0.4, -0.2) is 28.5 Å². The lowest BCUT2D eigenvalue weighted by Crippen LogP contribution is -2.35. The number of hydrogen-bond donors (Lipinski definition) is 2. The average Bonchev–Trinajstić information content (AvgIpc) is 3.17. The van der Waals surface area contributed by atoms with Crippen LogP contribution >= 0.6 is 0 Å². The van der Waals surface area contributed by atoms with Gasteiger partial charge >= 0.3 is 0 Å². The Morgan fingerprint density at radius 3 is 2.43 bits per heavy atom. The van der Waals surface area contributed by atoms with E-state index in [0.29, 0.717) is 11.6 Å². The van der Waals surface area contributed by atoms with Crippen LogP contribution in [0.15, 0.2) is 67.0 Å². The highest BCUT2D eigenvalue weighted by atomic mass is 16.5. The first kappa shape index (κ1) is 21.1. The van der Waals surface area contributed by atoms with Crippen LogP contribution in [0.25, 0.3) is 0 Å². The Morgan fingerprint density at radius 2 is 1.80 bits per heavy atom. The van der Waals surface area contributed by atoms with Gasteiger partial charge < -0.3 is 19.9 Å². The zero-order valence-corrected chi connectivity index (χ0v) is 17.3. The zero-order valence-electron chi connectivity index (χ0n) is 17.3. The molecule has 0 aliphatic rings. The van der Waals surface area contributed by atoms with Gasteiger partial charge in [-0.15, -0.1) is 0 Å². The van der Waals surface area contributed by atoms with Gasteiger partial charge in [-0.1, -0.05) is 42.5 Å². The number of carbonyl (C=O) groups is 2. The zero-order chi connectivity index (χ0) is 21.5. The fourth-order valence-electron chi connectivity index (χ4n) is 3.36. The summed E-state index contributed by atoms with van der Waals surface area (Å²) in [6.07, 6.45) is 3.63. The smallest absolute Gasteiger partial charge is 0.223 e. The van der Waals surface area contributed by atoms with Crippen LogP contribution in [0.4, 0.5) is 0 Å². The number of nitrogens with zero attached hydrogens (tertiary/aromatic N) is 2. The van der Waals surface area contributed by atoms with Crippen LogP contribution in [0.5, 0.6) is 5.75 Å². The molecule has 1 aromatic heterocycles. The number of imidazole rings is 1. The van der Waals surface area contributed by atoms with Crippen molar-refractivity contribution >= 4 is 11.8 Å². The summed E-state index contributed by atoms with van der Waals surface area (Å²) in [5.41, 5.74) is 1.73. The summed E-state index contributed by atoms with van der Waals surface area (Å²) in [4.78, 5) is 29.1. The van der Waals surface area contributed by atoms with E-state index >= 15 is 0 Å². The molecule has 156 valence electrons. The fraction of sp³-hybridized carbons (Fsp3) is 0.261. The highest BCUT2D eigenvalue weighted by molar-refractivity contribution is 5.79. The molecule has 30 heavy (non-hydrogen) atoms. The van der Waals surface area contributed by atoms with Crippen LogP contribution in [0, 0.1) is 0 Å². The summed E-state index contributed by atoms with van der Waals surface area (Å²) >= 11 is 0. The molecule has 7 nitrogen and oxygen atoms in total. The number of carbonyl (C=O) groups excluding carboxylic acids is 2. The molecule has 3 aromatic rings. The molecule has 0 saturated carbocycles. The van der Waals surface area contributed by atoms with Gasteiger partial charge in [0.2, 0.25) is 11.8 Å². The number of benzene rings is 2. The SMILES string of the molecule is COc1cccc([C@H](NC(=O)C[C@H](NC(C)=O)c2ccccc2)c2nccn2C)c1. The van der Waals surface area contributed by atoms with Gasteiger partial charge in [0.15, 0.2) is 0 Å². The second-order valence-corrected chi connectivity index (χ2v) is 7.04. The van der Waals surface area contributed by atoms with Gasteiger partial charge in [-0.2, -0.15) is 0 Å². The van der Waals surface area contributed by atoms with Crippen LogP contribution in [-0.2, 0) is 16.6 Å². The van der Waals surface area contributed by atoms with Gasteiger partial charge in [-0.3, -0.25) is 9.59 Å². The van der Waals surface area contributed by atoms with E-state index in [1.165, 1.54) is 6.92 Å². The van der Waals surface area contributed by atoms with Gasteiger partial charge in [0, 0.05) is 26.4 Å². The standard InChI is InChI=1S/C23H26N4O3/c1-16(28)25-20(17-8-5-4-6-9-17)15-21(29)26-22(23-24-12-13-27(23)2)18-10-7-11-19(14-18)30-3/h4-14,20,22H,15H2,1-3H3,(H,25,28)(H,26,29)/t20-,22-/m0/s1. The van der Waals surface area contributed by atoms with E-state index in [1.54, 1.807) is 13.3 Å². The Bertz CT molecular complexity index is 1000. The highest BCUT2D eigenvalue weighted by Gasteiger charge is 2.24. The molecule has 0 bridgehead atoms. The monoisotopic (exact) mass is 406 g/mol. The Kier molecular flexibility index (Phi) is 6.85. The first-order valence-electron chi connectivity index (χ1n) is 9.70. The fourth-order valence-corrected chi connectivity index (χ4v) is 3.36. The maximum atomic E-state index is 13.0. The molecule has 0 fully saturated rings. The van der Waals surface area contributed by atoms with Gasteiger partial charge in [0.1, 0.15) is 17.6 Å². The van der Waals surface area contributed by atoms with E-state index in [0.717, 1.165) is 11.1 Å². The summed E-state index contributed by atoms with van der Waals surface area (Å²) in [5, 5.41) is 5.94. The summed E-state index contributed by atoms with van der Waals surface area (Å²) in [5.74, 6) is 1.01. The first-order valence-corrected chi connectivity index (χ1v) is 9.70. The minimum Gasteiger partial charge on any atom is -0.497 e. The predicted octanol–water partition coefficient (Wildman–Crippen LogP) is 2.90. The Hall–Kier alpha value is -3.61. The second kappa shape index (κ2) is 9.73. The Morgan fingerprint density at radius 1 is 1.07 bits per heavy atom. The van der Waals surface area contributed by atoms with Crippen molar-refractivity contribution in [2.24, 2.45) is 7.05 Å². The summed E-state index contributed by atoms with van der Waals surface area (Å²) in [7, 11) is 3.48. The van der Waals surface area contributed by atoms with Crippen molar-refractivity contribution in [1.82, 2.24) is 20.2 Å². The molecule has 2 N–H and O–H groups in total. The van der Waals surface area contributed by atoms with Crippen molar-refractivity contribution < 1.29 is 14.3 Å². The van der Waals surface area contributed by atoms with Crippen molar-refractivity contribution in [3.8, 4) is 5.75 Å². The Labute approximate surface area is 176 Å². The third kappa shape index (κ3) is 5.26. The molecule has 0 saturated heterocycles. The minimum absolute atomic E-state index is 0.106. The lowest BCUT2D eigenvalue weighted by Gasteiger charge is -2.22. The molecule has 7 heteroatoms. The van der Waals surface area contributed by atoms with Gasteiger partial charge in [-0.25, -0.2) is 4.98 Å². The van der Waals surface area contributed by atoms with Crippen molar-refractivity contribution in [3.63, 3.8) is 0 Å². The molecular formula is C23H26N4O3. The highest BCUT2D eigenvalue weighted by Crippen LogP contribution is 2.25. The molecule has 0 unspecified atom stereocenters. The van der Waals surface area contributed by atoms with E-state index in [9.17, 15) is 9.59 Å². The normalized spacial score (nSPS) is 12.6. The molecule has 0 radical (unpaired) electrons. The molecule has 2 amide bonds. The van der Waals surface area contributed by atoms with E-state index in [-0.39, 0.29) is 18.2 Å². The van der Waals surface area contributed by atoms with E-state index in [4.69, 9.17) is 4.74 Å². The molecular weight excluding hydrogens is 380 g/mol. The molecule has 2 aromatic carbocycles. The average molecular weight is 406 g/mol. The molecule has 0 aliphatic heterocycles. The maximum Gasteiger partial charge on any atom is 0.223 e. The topological polar surface area (TPSA) is 85.2 Å².